The summed E-state index contributed by atoms with van der Waals surface area (Å²) < 4.78 is 23.0. The first-order valence-electron chi connectivity index (χ1n) is 17.0. The number of aryl methyl sites for hydroxylation is 1. The molecule has 4 heterocycles. The van der Waals surface area contributed by atoms with Crippen LogP contribution in [-0.4, -0.2) is 70.5 Å². The fourth-order valence-corrected chi connectivity index (χ4v) is 7.91. The van der Waals surface area contributed by atoms with E-state index in [2.05, 4.69) is 25.9 Å². The number of anilines is 1. The number of aliphatic hydroxyl groups excluding tert-OH is 1. The van der Waals surface area contributed by atoms with E-state index in [1.54, 1.807) is 24.3 Å². The highest BCUT2D eigenvalue weighted by Gasteiger charge is 2.33. The van der Waals surface area contributed by atoms with Gasteiger partial charge in [0.1, 0.15) is 11.6 Å². The zero-order chi connectivity index (χ0) is 34.9. The number of amides is 2. The molecule has 0 spiro atoms. The Bertz CT molecular complexity index is 1940. The lowest BCUT2D eigenvalue weighted by atomic mass is 9.97. The molecular formula is C37H39Cl2FN6O4. The van der Waals surface area contributed by atoms with Gasteiger partial charge in [-0.1, -0.05) is 53.5 Å². The number of rotatable bonds is 10. The molecule has 0 radical (unpaired) electrons. The zero-order valence-electron chi connectivity index (χ0n) is 27.6. The normalized spacial score (nSPS) is 20.5. The Morgan fingerprint density at radius 3 is 2.58 bits per heavy atom. The number of fused-ring (bicyclic) bond motifs is 1. The van der Waals surface area contributed by atoms with Gasteiger partial charge in [0, 0.05) is 67.4 Å². The maximum atomic E-state index is 15.6. The Balaban J connectivity index is 1.10. The summed E-state index contributed by atoms with van der Waals surface area (Å²) in [6, 6.07) is 15.9. The van der Waals surface area contributed by atoms with Crippen molar-refractivity contribution in [3.05, 3.63) is 87.4 Å². The number of nitrogens with zero attached hydrogens (tertiary/aromatic N) is 3. The zero-order valence-corrected chi connectivity index (χ0v) is 29.2. The number of ether oxygens (including phenoxy) is 1. The van der Waals surface area contributed by atoms with Crippen LogP contribution in [0.25, 0.3) is 22.3 Å². The minimum atomic E-state index is -0.447. The minimum Gasteiger partial charge on any atom is -0.496 e. The average Bonchev–Trinajstić information content (AvgIpc) is 3.86. The van der Waals surface area contributed by atoms with E-state index in [9.17, 15) is 14.7 Å². The number of methoxy groups -OCH3 is 1. The Hall–Kier alpha value is -4.00. The highest BCUT2D eigenvalue weighted by molar-refractivity contribution is 6.39. The van der Waals surface area contributed by atoms with Gasteiger partial charge in [-0.25, -0.2) is 4.39 Å². The molecular weight excluding hydrogens is 682 g/mol. The van der Waals surface area contributed by atoms with Crippen molar-refractivity contribution in [1.29, 1.82) is 0 Å². The second-order valence-electron chi connectivity index (χ2n) is 13.1. The van der Waals surface area contributed by atoms with Crippen LogP contribution in [0.2, 0.25) is 10.0 Å². The van der Waals surface area contributed by atoms with Crippen LogP contribution < -0.4 is 20.7 Å². The number of benzene rings is 3. The Labute approximate surface area is 299 Å². The van der Waals surface area contributed by atoms with Gasteiger partial charge in [0.2, 0.25) is 5.91 Å². The van der Waals surface area contributed by atoms with E-state index in [0.717, 1.165) is 44.5 Å². The number of nitrogens with one attached hydrogen (secondary N) is 3. The molecule has 1 aromatic heterocycles. The van der Waals surface area contributed by atoms with Gasteiger partial charge in [-0.15, -0.1) is 0 Å². The van der Waals surface area contributed by atoms with Crippen LogP contribution in [0.4, 0.5) is 10.1 Å². The first-order chi connectivity index (χ1) is 24.2. The van der Waals surface area contributed by atoms with Crippen molar-refractivity contribution in [3.63, 3.8) is 0 Å². The topological polar surface area (TPSA) is 121 Å². The monoisotopic (exact) mass is 720 g/mol. The molecule has 262 valence electrons. The Morgan fingerprint density at radius 1 is 1.06 bits per heavy atom. The van der Waals surface area contributed by atoms with E-state index in [4.69, 9.17) is 27.9 Å². The molecule has 13 heteroatoms. The number of hydrogen-bond acceptors (Lipinski definition) is 7. The fraction of sp³-hybridized carbons (Fsp3) is 0.378. The molecule has 2 saturated heterocycles. The molecule has 2 amide bonds. The molecule has 3 aliphatic heterocycles. The van der Waals surface area contributed by atoms with Crippen LogP contribution in [0, 0.1) is 5.82 Å². The standard InChI is InChI=1S/C37H39Cl2FN6O4/c1-50-33-16-21(15-28(40)27(33)19-41-18-22-10-11-34(48)42-22)24-5-2-6-25(35(24)38)26-7-3-8-29(36(26)39)43-37(49)30-17-32-31(9-4-13-46(32)44-30)45-14-12-23(47)20-45/h2-3,5-8,15-17,22-23,31,41,47H,4,9-14,18-20H2,1H3,(H,42,48)(H,43,49)/t22-,23+,31?/m0/s1. The van der Waals surface area contributed by atoms with Gasteiger partial charge in [-0.05, 0) is 55.5 Å². The lowest BCUT2D eigenvalue weighted by Gasteiger charge is -2.31. The van der Waals surface area contributed by atoms with E-state index in [1.807, 2.05) is 28.9 Å². The third-order valence-corrected chi connectivity index (χ3v) is 10.7. The first-order valence-corrected chi connectivity index (χ1v) is 17.7. The Morgan fingerprint density at radius 2 is 1.84 bits per heavy atom. The van der Waals surface area contributed by atoms with Crippen LogP contribution in [-0.2, 0) is 17.9 Å². The number of likely N-dealkylation sites (tertiary alicyclic amines) is 1. The number of carbonyl (C=O) groups excluding carboxylic acids is 2. The van der Waals surface area contributed by atoms with Gasteiger partial charge in [0.25, 0.3) is 5.91 Å². The molecule has 4 aromatic rings. The molecule has 50 heavy (non-hydrogen) atoms. The predicted molar refractivity (Wildman–Crippen MR) is 191 cm³/mol. The van der Waals surface area contributed by atoms with Crippen molar-refractivity contribution in [1.82, 2.24) is 25.3 Å². The second-order valence-corrected chi connectivity index (χ2v) is 13.9. The summed E-state index contributed by atoms with van der Waals surface area (Å²) in [6.45, 7) is 2.93. The van der Waals surface area contributed by atoms with E-state index in [1.165, 1.54) is 13.2 Å². The molecule has 0 aliphatic carbocycles. The van der Waals surface area contributed by atoms with Crippen LogP contribution >= 0.6 is 23.2 Å². The summed E-state index contributed by atoms with van der Waals surface area (Å²) in [6.07, 6.45) is 3.58. The third-order valence-electron chi connectivity index (χ3n) is 9.87. The molecule has 2 fully saturated rings. The average molecular weight is 722 g/mol. The van der Waals surface area contributed by atoms with Crippen LogP contribution in [0.5, 0.6) is 5.75 Å². The van der Waals surface area contributed by atoms with Crippen molar-refractivity contribution in [2.45, 2.75) is 63.4 Å². The number of aromatic nitrogens is 2. The smallest absolute Gasteiger partial charge is 0.276 e. The van der Waals surface area contributed by atoms with Crippen LogP contribution in [0.15, 0.2) is 54.6 Å². The number of aliphatic hydroxyl groups is 1. The number of hydrogen-bond donors (Lipinski definition) is 4. The highest BCUT2D eigenvalue weighted by Crippen LogP contribution is 2.43. The van der Waals surface area contributed by atoms with Gasteiger partial charge < -0.3 is 25.8 Å². The molecule has 4 N–H and O–H groups in total. The summed E-state index contributed by atoms with van der Waals surface area (Å²) in [5.74, 6) is -0.422. The number of halogens is 3. The lowest BCUT2D eigenvalue weighted by molar-refractivity contribution is -0.119. The minimum absolute atomic E-state index is 0.0242. The van der Waals surface area contributed by atoms with E-state index in [-0.39, 0.29) is 36.5 Å². The van der Waals surface area contributed by atoms with Gasteiger partial charge in [-0.2, -0.15) is 5.10 Å². The third kappa shape index (κ3) is 6.97. The Kier molecular flexibility index (Phi) is 10.1. The second kappa shape index (κ2) is 14.7. The summed E-state index contributed by atoms with van der Waals surface area (Å²) in [7, 11) is 1.49. The van der Waals surface area contributed by atoms with E-state index < -0.39 is 5.82 Å². The van der Waals surface area contributed by atoms with Crippen molar-refractivity contribution >= 4 is 40.7 Å². The largest absolute Gasteiger partial charge is 0.496 e. The molecule has 3 aromatic carbocycles. The molecule has 3 atom stereocenters. The van der Waals surface area contributed by atoms with Gasteiger partial charge in [-0.3, -0.25) is 19.2 Å². The van der Waals surface area contributed by atoms with E-state index >= 15 is 4.39 Å². The fourth-order valence-electron chi connectivity index (χ4n) is 7.30. The summed E-state index contributed by atoms with van der Waals surface area (Å²) in [5.41, 5.74) is 4.39. The first kappa shape index (κ1) is 34.4. The number of β-amino-alcohol motifs (C(OH)–C–C–N with tert-alkyl or cyclic N) is 1. The summed E-state index contributed by atoms with van der Waals surface area (Å²) in [4.78, 5) is 27.3. The predicted octanol–water partition coefficient (Wildman–Crippen LogP) is 6.19. The van der Waals surface area contributed by atoms with E-state index in [0.29, 0.717) is 74.5 Å². The van der Waals surface area contributed by atoms with Crippen LogP contribution in [0.3, 0.4) is 0 Å². The molecule has 7 rings (SSSR count). The molecule has 0 bridgehead atoms. The quantitative estimate of drug-likeness (QED) is 0.154. The lowest BCUT2D eigenvalue weighted by Crippen LogP contribution is -2.35. The molecule has 1 unspecified atom stereocenters. The van der Waals surface area contributed by atoms with Crippen molar-refractivity contribution in [2.24, 2.45) is 0 Å². The van der Waals surface area contributed by atoms with Gasteiger partial charge >= 0.3 is 0 Å². The molecule has 3 aliphatic rings. The maximum absolute atomic E-state index is 15.6. The maximum Gasteiger partial charge on any atom is 0.276 e. The van der Waals surface area contributed by atoms with Crippen LogP contribution in [0.1, 0.15) is 59.9 Å². The van der Waals surface area contributed by atoms with Gasteiger partial charge in [0.15, 0.2) is 5.69 Å². The SMILES string of the molecule is COc1cc(-c2cccc(-c3cccc(NC(=O)c4cc5n(n4)CCCC5N4CC[C@@H](O)C4)c3Cl)c2Cl)cc(F)c1CNC[C@@H]1CCC(=O)N1. The van der Waals surface area contributed by atoms with Gasteiger partial charge in [0.05, 0.1) is 40.7 Å². The summed E-state index contributed by atoms with van der Waals surface area (Å²) in [5, 5.41) is 24.4. The highest BCUT2D eigenvalue weighted by atomic mass is 35.5. The van der Waals surface area contributed by atoms with Crippen molar-refractivity contribution < 1.29 is 23.8 Å². The molecule has 10 nitrogen and oxygen atoms in total. The number of carbonyl (C=O) groups is 2. The molecule has 0 saturated carbocycles. The van der Waals surface area contributed by atoms with Crippen molar-refractivity contribution in [2.75, 3.05) is 32.1 Å². The van der Waals surface area contributed by atoms with Crippen molar-refractivity contribution in [3.8, 4) is 28.0 Å². The summed E-state index contributed by atoms with van der Waals surface area (Å²) >= 11 is 13.9.